The van der Waals surface area contributed by atoms with Gasteiger partial charge in [-0.05, 0) is 28.5 Å². The minimum atomic E-state index is -0.817. The van der Waals surface area contributed by atoms with E-state index in [1.165, 1.54) is 0 Å². The Morgan fingerprint density at radius 2 is 1.94 bits per heavy atom. The fraction of sp³-hybridized carbons (Fsp3) is 0.154. The molecule has 1 N–H and O–H groups in total. The minimum Gasteiger partial charge on any atom is -0.497 e. The smallest absolute Gasteiger partial charge is 0.307 e. The summed E-state index contributed by atoms with van der Waals surface area (Å²) in [6.07, 6.45) is 0.0488. The van der Waals surface area contributed by atoms with Gasteiger partial charge in [-0.15, -0.1) is 0 Å². The summed E-state index contributed by atoms with van der Waals surface area (Å²) in [5.41, 5.74) is 0.799. The Morgan fingerprint density at radius 3 is 2.62 bits per heavy atom. The van der Waals surface area contributed by atoms with Crippen molar-refractivity contribution >= 4 is 16.7 Å². The molecule has 2 aromatic rings. The maximum Gasteiger partial charge on any atom is 0.307 e. The van der Waals surface area contributed by atoms with Crippen LogP contribution in [0.25, 0.3) is 10.8 Å². The third-order valence-electron chi connectivity index (χ3n) is 2.47. The van der Waals surface area contributed by atoms with E-state index in [4.69, 9.17) is 9.84 Å². The van der Waals surface area contributed by atoms with E-state index in [1.807, 2.05) is 36.4 Å². The molecule has 0 aliphatic rings. The second-order valence-electron chi connectivity index (χ2n) is 3.62. The predicted molar refractivity (Wildman–Crippen MR) is 61.8 cm³/mol. The molecule has 0 heterocycles. The normalized spacial score (nSPS) is 10.3. The Morgan fingerprint density at radius 1 is 1.19 bits per heavy atom. The zero-order valence-electron chi connectivity index (χ0n) is 8.93. The molecule has 0 amide bonds. The van der Waals surface area contributed by atoms with Crippen LogP contribution in [-0.4, -0.2) is 18.2 Å². The first kappa shape index (κ1) is 10.5. The van der Waals surface area contributed by atoms with Gasteiger partial charge in [0.25, 0.3) is 0 Å². The van der Waals surface area contributed by atoms with E-state index >= 15 is 0 Å². The minimum absolute atomic E-state index is 0.0488. The number of rotatable bonds is 3. The van der Waals surface area contributed by atoms with Gasteiger partial charge in [0.1, 0.15) is 5.75 Å². The molecular formula is C13H12O3. The third kappa shape index (κ3) is 2.14. The van der Waals surface area contributed by atoms with E-state index in [2.05, 4.69) is 0 Å². The molecule has 82 valence electrons. The van der Waals surface area contributed by atoms with Crippen LogP contribution >= 0.6 is 0 Å². The van der Waals surface area contributed by atoms with Crippen molar-refractivity contribution in [2.45, 2.75) is 6.42 Å². The average Bonchev–Trinajstić information content (AvgIpc) is 2.27. The van der Waals surface area contributed by atoms with Gasteiger partial charge in [0.05, 0.1) is 13.5 Å². The highest BCUT2D eigenvalue weighted by atomic mass is 16.5. The lowest BCUT2D eigenvalue weighted by molar-refractivity contribution is -0.136. The van der Waals surface area contributed by atoms with Gasteiger partial charge >= 0.3 is 5.97 Å². The lowest BCUT2D eigenvalue weighted by Crippen LogP contribution is -1.99. The summed E-state index contributed by atoms with van der Waals surface area (Å²) < 4.78 is 5.13. The zero-order chi connectivity index (χ0) is 11.5. The number of carboxylic acids is 1. The number of hydrogen-bond donors (Lipinski definition) is 1. The van der Waals surface area contributed by atoms with Crippen molar-refractivity contribution in [3.63, 3.8) is 0 Å². The van der Waals surface area contributed by atoms with Crippen LogP contribution in [0.2, 0.25) is 0 Å². The molecule has 3 nitrogen and oxygen atoms in total. The predicted octanol–water partition coefficient (Wildman–Crippen LogP) is 2.48. The van der Waals surface area contributed by atoms with E-state index in [9.17, 15) is 4.79 Å². The molecule has 0 bridgehead atoms. The number of hydrogen-bond acceptors (Lipinski definition) is 2. The van der Waals surface area contributed by atoms with Gasteiger partial charge in [-0.25, -0.2) is 0 Å². The summed E-state index contributed by atoms with van der Waals surface area (Å²) in [4.78, 5) is 10.6. The Balaban J connectivity index is 2.46. The number of fused-ring (bicyclic) bond motifs is 1. The lowest BCUT2D eigenvalue weighted by atomic mass is 10.0. The van der Waals surface area contributed by atoms with Gasteiger partial charge in [-0.2, -0.15) is 0 Å². The van der Waals surface area contributed by atoms with E-state index in [-0.39, 0.29) is 6.42 Å². The highest BCUT2D eigenvalue weighted by Crippen LogP contribution is 2.22. The molecule has 0 aromatic heterocycles. The van der Waals surface area contributed by atoms with Crippen LogP contribution in [0.15, 0.2) is 36.4 Å². The topological polar surface area (TPSA) is 46.5 Å². The van der Waals surface area contributed by atoms with Crippen LogP contribution in [0.3, 0.4) is 0 Å². The second-order valence-corrected chi connectivity index (χ2v) is 3.62. The van der Waals surface area contributed by atoms with Gasteiger partial charge in [0, 0.05) is 0 Å². The molecule has 16 heavy (non-hydrogen) atoms. The molecule has 0 radical (unpaired) electrons. The Kier molecular flexibility index (Phi) is 2.77. The van der Waals surface area contributed by atoms with Gasteiger partial charge in [-0.3, -0.25) is 4.79 Å². The Hall–Kier alpha value is -2.03. The van der Waals surface area contributed by atoms with Gasteiger partial charge in [0.15, 0.2) is 0 Å². The maximum atomic E-state index is 10.6. The second kappa shape index (κ2) is 4.23. The van der Waals surface area contributed by atoms with Crippen LogP contribution in [0.5, 0.6) is 5.75 Å². The molecule has 2 rings (SSSR count). The summed E-state index contributed by atoms with van der Waals surface area (Å²) in [6, 6.07) is 11.4. The maximum absolute atomic E-state index is 10.6. The SMILES string of the molecule is COc1ccc2ccc(CC(=O)O)cc2c1. The standard InChI is InChI=1S/C13H12O3/c1-16-12-5-4-10-3-2-9(7-13(14)15)6-11(10)8-12/h2-6,8H,7H2,1H3,(H,14,15). The first-order chi connectivity index (χ1) is 7.69. The van der Waals surface area contributed by atoms with Crippen molar-refractivity contribution in [2.75, 3.05) is 7.11 Å². The van der Waals surface area contributed by atoms with Crippen LogP contribution in [0.1, 0.15) is 5.56 Å². The molecule has 3 heteroatoms. The zero-order valence-corrected chi connectivity index (χ0v) is 8.93. The van der Waals surface area contributed by atoms with Crippen molar-refractivity contribution in [3.05, 3.63) is 42.0 Å². The number of carbonyl (C=O) groups is 1. The fourth-order valence-corrected chi connectivity index (χ4v) is 1.69. The molecule has 0 spiro atoms. The molecule has 0 fully saturated rings. The molecule has 2 aromatic carbocycles. The van der Waals surface area contributed by atoms with Crippen LogP contribution in [-0.2, 0) is 11.2 Å². The number of methoxy groups -OCH3 is 1. The molecule has 0 aliphatic heterocycles. The van der Waals surface area contributed by atoms with Crippen molar-refractivity contribution in [1.29, 1.82) is 0 Å². The third-order valence-corrected chi connectivity index (χ3v) is 2.47. The summed E-state index contributed by atoms with van der Waals surface area (Å²) in [6.45, 7) is 0. The lowest BCUT2D eigenvalue weighted by Gasteiger charge is -2.04. The molecule has 0 unspecified atom stereocenters. The van der Waals surface area contributed by atoms with Crippen LogP contribution in [0, 0.1) is 0 Å². The van der Waals surface area contributed by atoms with Crippen molar-refractivity contribution in [2.24, 2.45) is 0 Å². The first-order valence-electron chi connectivity index (χ1n) is 4.97. The summed E-state index contributed by atoms with van der Waals surface area (Å²) in [5.74, 6) is -0.0396. The number of aliphatic carboxylic acids is 1. The monoisotopic (exact) mass is 216 g/mol. The number of ether oxygens (including phenoxy) is 1. The van der Waals surface area contributed by atoms with Gasteiger partial charge in [0.2, 0.25) is 0 Å². The number of benzene rings is 2. The van der Waals surface area contributed by atoms with Crippen LogP contribution < -0.4 is 4.74 Å². The summed E-state index contributed by atoms with van der Waals surface area (Å²) in [5, 5.41) is 10.8. The Labute approximate surface area is 93.3 Å². The molecule has 0 atom stereocenters. The highest BCUT2D eigenvalue weighted by molar-refractivity contribution is 5.85. The molecular weight excluding hydrogens is 204 g/mol. The molecule has 0 saturated carbocycles. The first-order valence-corrected chi connectivity index (χ1v) is 4.97. The molecule has 0 saturated heterocycles. The van der Waals surface area contributed by atoms with Crippen molar-refractivity contribution < 1.29 is 14.6 Å². The van der Waals surface area contributed by atoms with E-state index in [1.54, 1.807) is 7.11 Å². The van der Waals surface area contributed by atoms with E-state index in [0.29, 0.717) is 0 Å². The van der Waals surface area contributed by atoms with Crippen molar-refractivity contribution in [3.8, 4) is 5.75 Å². The van der Waals surface area contributed by atoms with E-state index < -0.39 is 5.97 Å². The summed E-state index contributed by atoms with van der Waals surface area (Å²) in [7, 11) is 1.61. The van der Waals surface area contributed by atoms with Crippen LogP contribution in [0.4, 0.5) is 0 Å². The largest absolute Gasteiger partial charge is 0.497 e. The van der Waals surface area contributed by atoms with Gasteiger partial charge in [-0.1, -0.05) is 24.3 Å². The average molecular weight is 216 g/mol. The van der Waals surface area contributed by atoms with E-state index in [0.717, 1.165) is 22.1 Å². The Bertz CT molecular complexity index is 532. The highest BCUT2D eigenvalue weighted by Gasteiger charge is 2.02. The van der Waals surface area contributed by atoms with Crippen molar-refractivity contribution in [1.82, 2.24) is 0 Å². The fourth-order valence-electron chi connectivity index (χ4n) is 1.69. The van der Waals surface area contributed by atoms with Gasteiger partial charge < -0.3 is 9.84 Å². The number of carboxylic acid groups (broad SMARTS) is 1. The summed E-state index contributed by atoms with van der Waals surface area (Å²) >= 11 is 0. The quantitative estimate of drug-likeness (QED) is 0.857. The molecule has 0 aliphatic carbocycles.